The van der Waals surface area contributed by atoms with Gasteiger partial charge < -0.3 is 0 Å². The predicted octanol–water partition coefficient (Wildman–Crippen LogP) is 6.78. The van der Waals surface area contributed by atoms with Crippen LogP contribution in [0.3, 0.4) is 0 Å². The summed E-state index contributed by atoms with van der Waals surface area (Å²) in [5.74, 6) is -0.215. The highest BCUT2D eigenvalue weighted by atomic mass is 35.5. The van der Waals surface area contributed by atoms with Crippen LogP contribution in [0.4, 0.5) is 23.0 Å². The topological polar surface area (TPSA) is 209 Å². The SMILES string of the molecule is N#CNc1nc2cc(Cl)c(Cl)c([N+](=O)[O-])c2nc1NC#N.O=[N+]([O-])c1c(Cl)c(Cl)cc2nc(Cl)c(Cl)nc12. The minimum atomic E-state index is -0.751. The van der Waals surface area contributed by atoms with Gasteiger partial charge in [0.25, 0.3) is 0 Å². The van der Waals surface area contributed by atoms with Gasteiger partial charge in [-0.3, -0.25) is 30.9 Å². The normalized spacial score (nSPS) is 10.2. The van der Waals surface area contributed by atoms with E-state index >= 15 is 0 Å². The van der Waals surface area contributed by atoms with Gasteiger partial charge in [-0.25, -0.2) is 19.9 Å². The fourth-order valence-corrected chi connectivity index (χ4v) is 3.89. The summed E-state index contributed by atoms with van der Waals surface area (Å²) in [6, 6.07) is 2.61. The molecule has 0 saturated carbocycles. The second kappa shape index (κ2) is 11.7. The molecule has 0 saturated heterocycles. The first-order valence-electron chi connectivity index (χ1n) is 9.20. The molecule has 14 nitrogen and oxygen atoms in total. The molecule has 0 aliphatic heterocycles. The van der Waals surface area contributed by atoms with Crippen LogP contribution in [0.1, 0.15) is 0 Å². The van der Waals surface area contributed by atoms with E-state index in [9.17, 15) is 20.2 Å². The summed E-state index contributed by atoms with van der Waals surface area (Å²) in [6.45, 7) is 0. The quantitative estimate of drug-likeness (QED) is 0.103. The van der Waals surface area contributed by atoms with E-state index in [1.165, 1.54) is 12.1 Å². The molecule has 0 bridgehead atoms. The van der Waals surface area contributed by atoms with Crippen molar-refractivity contribution >= 4 is 115 Å². The summed E-state index contributed by atoms with van der Waals surface area (Å²) in [7, 11) is 0. The number of hydrogen-bond donors (Lipinski definition) is 2. The lowest BCUT2D eigenvalue weighted by molar-refractivity contribution is -0.383. The third kappa shape index (κ3) is 5.71. The Bertz CT molecular complexity index is 1740. The van der Waals surface area contributed by atoms with Gasteiger partial charge in [-0.1, -0.05) is 69.6 Å². The minimum Gasteiger partial charge on any atom is -0.274 e. The number of fused-ring (bicyclic) bond motifs is 2. The lowest BCUT2D eigenvalue weighted by atomic mass is 10.2. The summed E-state index contributed by atoms with van der Waals surface area (Å²) in [5.41, 5.74) is -0.983. The molecule has 4 rings (SSSR count). The first-order chi connectivity index (χ1) is 17.9. The molecule has 0 radical (unpaired) electrons. The van der Waals surface area contributed by atoms with Gasteiger partial charge in [0.15, 0.2) is 45.4 Å². The van der Waals surface area contributed by atoms with E-state index < -0.39 is 21.2 Å². The molecule has 2 aromatic heterocycles. The van der Waals surface area contributed by atoms with Crippen LogP contribution in [0.25, 0.3) is 22.1 Å². The number of aromatic nitrogens is 4. The van der Waals surface area contributed by atoms with Crippen molar-refractivity contribution in [1.29, 1.82) is 10.5 Å². The Morgan fingerprint density at radius 2 is 1.08 bits per heavy atom. The lowest BCUT2D eigenvalue weighted by Crippen LogP contribution is -2.04. The smallest absolute Gasteiger partial charge is 0.274 e. The molecule has 4 aromatic rings. The molecule has 0 unspecified atom stereocenters. The zero-order chi connectivity index (χ0) is 28.3. The highest BCUT2D eigenvalue weighted by molar-refractivity contribution is 6.45. The number of benzene rings is 2. The molecule has 0 fully saturated rings. The highest BCUT2D eigenvalue weighted by Gasteiger charge is 2.25. The second-order valence-electron chi connectivity index (χ2n) is 6.49. The van der Waals surface area contributed by atoms with Crippen LogP contribution in [-0.2, 0) is 0 Å². The van der Waals surface area contributed by atoms with E-state index in [1.807, 2.05) is 0 Å². The Morgan fingerprint density at radius 3 is 1.53 bits per heavy atom. The number of nitrogens with zero attached hydrogens (tertiary/aromatic N) is 8. The van der Waals surface area contributed by atoms with E-state index in [0.29, 0.717) is 0 Å². The van der Waals surface area contributed by atoms with Gasteiger partial charge in [-0.05, 0) is 12.1 Å². The number of anilines is 2. The summed E-state index contributed by atoms with van der Waals surface area (Å²) >= 11 is 34.4. The number of hydrogen-bond acceptors (Lipinski definition) is 12. The summed E-state index contributed by atoms with van der Waals surface area (Å²) < 4.78 is 0. The minimum absolute atomic E-state index is 0.00134. The molecule has 192 valence electrons. The summed E-state index contributed by atoms with van der Waals surface area (Å²) in [5, 5.41) is 42.9. The molecule has 0 amide bonds. The second-order valence-corrected chi connectivity index (χ2v) is 8.78. The third-order valence-corrected chi connectivity index (χ3v) is 6.47. The zero-order valence-corrected chi connectivity index (χ0v) is 22.2. The van der Waals surface area contributed by atoms with Crippen molar-refractivity contribution < 1.29 is 9.85 Å². The first kappa shape index (κ1) is 28.8. The fraction of sp³-hybridized carbons (Fsp3) is 0. The van der Waals surface area contributed by atoms with E-state index in [1.54, 1.807) is 12.4 Å². The molecule has 0 atom stereocenters. The first-order valence-corrected chi connectivity index (χ1v) is 11.5. The number of rotatable bonds is 4. The van der Waals surface area contributed by atoms with Crippen LogP contribution in [0, 0.1) is 43.1 Å². The van der Waals surface area contributed by atoms with Gasteiger partial charge in [0.05, 0.1) is 25.4 Å². The maximum atomic E-state index is 11.1. The maximum absolute atomic E-state index is 11.1. The molecular weight excluding hydrogens is 633 g/mol. The highest BCUT2D eigenvalue weighted by Crippen LogP contribution is 2.39. The Hall–Kier alpha value is -3.76. The molecule has 0 spiro atoms. The van der Waals surface area contributed by atoms with Crippen LogP contribution in [0.2, 0.25) is 30.4 Å². The Kier molecular flexibility index (Phi) is 8.90. The fourth-order valence-electron chi connectivity index (χ4n) is 2.82. The molecule has 2 aromatic carbocycles. The van der Waals surface area contributed by atoms with Crippen molar-refractivity contribution in [2.45, 2.75) is 0 Å². The van der Waals surface area contributed by atoms with Crippen molar-refractivity contribution in [3.63, 3.8) is 0 Å². The van der Waals surface area contributed by atoms with Gasteiger partial charge in [0.1, 0.15) is 15.6 Å². The largest absolute Gasteiger partial charge is 0.317 e. The Balaban J connectivity index is 0.000000215. The van der Waals surface area contributed by atoms with Crippen molar-refractivity contribution in [1.82, 2.24) is 19.9 Å². The number of nitro benzene ring substituents is 2. The predicted molar refractivity (Wildman–Crippen MR) is 141 cm³/mol. The van der Waals surface area contributed by atoms with Crippen molar-refractivity contribution in [3.05, 3.63) is 62.8 Å². The van der Waals surface area contributed by atoms with E-state index in [-0.39, 0.29) is 64.1 Å². The summed E-state index contributed by atoms with van der Waals surface area (Å²) in [6.07, 6.45) is 3.21. The molecule has 2 N–H and O–H groups in total. The summed E-state index contributed by atoms with van der Waals surface area (Å²) in [4.78, 5) is 36.1. The molecule has 20 heteroatoms. The molecular formula is C18H4Cl6N10O4. The Labute approximate surface area is 239 Å². The van der Waals surface area contributed by atoms with E-state index in [2.05, 4.69) is 30.6 Å². The van der Waals surface area contributed by atoms with Crippen LogP contribution in [0.5, 0.6) is 0 Å². The lowest BCUT2D eigenvalue weighted by Gasteiger charge is -2.07. The van der Waals surface area contributed by atoms with Gasteiger partial charge in [-0.15, -0.1) is 0 Å². The van der Waals surface area contributed by atoms with Crippen molar-refractivity contribution in [2.24, 2.45) is 0 Å². The van der Waals surface area contributed by atoms with Crippen LogP contribution in [-0.4, -0.2) is 29.8 Å². The number of halogens is 6. The third-order valence-electron chi connectivity index (χ3n) is 4.29. The molecule has 0 aliphatic rings. The van der Waals surface area contributed by atoms with Crippen molar-refractivity contribution in [2.75, 3.05) is 10.6 Å². The van der Waals surface area contributed by atoms with Gasteiger partial charge >= 0.3 is 11.4 Å². The average molecular weight is 637 g/mol. The van der Waals surface area contributed by atoms with Crippen LogP contribution >= 0.6 is 69.6 Å². The molecule has 2 heterocycles. The van der Waals surface area contributed by atoms with E-state index in [4.69, 9.17) is 80.1 Å². The van der Waals surface area contributed by atoms with E-state index in [0.717, 1.165) is 0 Å². The molecule has 0 aliphatic carbocycles. The van der Waals surface area contributed by atoms with Gasteiger partial charge in [-0.2, -0.15) is 10.5 Å². The maximum Gasteiger partial charge on any atom is 0.317 e. The van der Waals surface area contributed by atoms with Crippen LogP contribution in [0.15, 0.2) is 12.1 Å². The van der Waals surface area contributed by atoms with Crippen molar-refractivity contribution in [3.8, 4) is 12.4 Å². The number of nitro groups is 2. The monoisotopic (exact) mass is 634 g/mol. The Morgan fingerprint density at radius 1 is 0.684 bits per heavy atom. The number of nitrogens with one attached hydrogen (secondary N) is 2. The van der Waals surface area contributed by atoms with Crippen LogP contribution < -0.4 is 10.6 Å². The molecule has 38 heavy (non-hydrogen) atoms. The zero-order valence-electron chi connectivity index (χ0n) is 17.6. The standard InChI is InChI=1S/C10H3Cl2N7O2.C8HCl4N3O2/c11-4-1-5-7(8(6(4)12)19(20)21)18-10(16-3-14)9(17-5)15-2-13;9-2-1-3-5(6(4(2)10)15(16)17)14-8(12)7(11)13-3/h1H,(H,15,17)(H,16,18);1H. The number of nitriles is 2. The van der Waals surface area contributed by atoms with Gasteiger partial charge in [0, 0.05) is 0 Å². The average Bonchev–Trinajstić information content (AvgIpc) is 2.83. The van der Waals surface area contributed by atoms with Gasteiger partial charge in [0.2, 0.25) is 0 Å².